The molecule has 0 aromatic rings. The highest BCUT2D eigenvalue weighted by atomic mass is 127. The van der Waals surface area contributed by atoms with Crippen LogP contribution in [0.1, 0.15) is 0 Å². The van der Waals surface area contributed by atoms with Crippen molar-refractivity contribution in [2.24, 2.45) is 0 Å². The van der Waals surface area contributed by atoms with Crippen molar-refractivity contribution in [3.05, 3.63) is 0 Å². The van der Waals surface area contributed by atoms with Crippen LogP contribution in [-0.4, -0.2) is 14.3 Å². The second kappa shape index (κ2) is 3.02. The number of alkyl halides is 6. The Hall–Kier alpha value is 0.770. The molecule has 0 radical (unpaired) electrons. The molecular formula is C3Cl2F3IO. The predicted octanol–water partition coefficient (Wildman–Crippen LogP) is 2.68. The molecule has 0 unspecified atom stereocenters. The van der Waals surface area contributed by atoms with Crippen molar-refractivity contribution in [3.63, 3.8) is 0 Å². The molecule has 0 aliphatic rings. The Labute approximate surface area is 78.0 Å². The van der Waals surface area contributed by atoms with E-state index in [1.807, 2.05) is 0 Å². The third-order valence-electron chi connectivity index (χ3n) is 0.515. The summed E-state index contributed by atoms with van der Waals surface area (Å²) in [5.41, 5.74) is 0. The van der Waals surface area contributed by atoms with Crippen molar-refractivity contribution < 1.29 is 18.0 Å². The summed E-state index contributed by atoms with van der Waals surface area (Å²) < 4.78 is 31.9. The smallest absolute Gasteiger partial charge is 0.285 e. The molecule has 0 bridgehead atoms. The standard InChI is InChI=1S/C3Cl2F3IO/c4-2(5,9)1(10)3(6,7)8. The Morgan fingerprint density at radius 3 is 1.60 bits per heavy atom. The highest BCUT2D eigenvalue weighted by molar-refractivity contribution is 14.1. The predicted molar refractivity (Wildman–Crippen MR) is 39.5 cm³/mol. The van der Waals surface area contributed by atoms with Crippen LogP contribution in [0.25, 0.3) is 0 Å². The molecule has 1 nitrogen and oxygen atoms in total. The van der Waals surface area contributed by atoms with Crippen molar-refractivity contribution >= 4 is 51.6 Å². The molecule has 7 heteroatoms. The van der Waals surface area contributed by atoms with Crippen LogP contribution in [0.3, 0.4) is 0 Å². The maximum Gasteiger partial charge on any atom is 0.454 e. The molecule has 0 aromatic carbocycles. The van der Waals surface area contributed by atoms with Gasteiger partial charge in [-0.2, -0.15) is 13.2 Å². The van der Waals surface area contributed by atoms with Gasteiger partial charge in [-0.3, -0.25) is 4.79 Å². The molecule has 0 atom stereocenters. The average molecular weight is 307 g/mol. The molecule has 0 heterocycles. The number of ketones is 1. The maximum atomic E-state index is 11.4. The summed E-state index contributed by atoms with van der Waals surface area (Å²) in [5.74, 6) is -2.16. The Balaban J connectivity index is 4.40. The zero-order valence-electron chi connectivity index (χ0n) is 4.18. The van der Waals surface area contributed by atoms with E-state index in [4.69, 9.17) is 23.2 Å². The number of carbonyl (C=O) groups excluding carboxylic acids is 1. The van der Waals surface area contributed by atoms with Gasteiger partial charge in [-0.1, -0.05) is 23.2 Å². The summed E-state index contributed by atoms with van der Waals surface area (Å²) in [5, 5.41) is 0. The fourth-order valence-electron chi connectivity index (χ4n) is 0.161. The largest absolute Gasteiger partial charge is 0.454 e. The zero-order valence-corrected chi connectivity index (χ0v) is 7.85. The van der Waals surface area contributed by atoms with Crippen molar-refractivity contribution in [1.29, 1.82) is 0 Å². The number of rotatable bonds is 1. The van der Waals surface area contributed by atoms with E-state index >= 15 is 0 Å². The van der Waals surface area contributed by atoms with Crippen LogP contribution in [0.15, 0.2) is 0 Å². The summed E-state index contributed by atoms with van der Waals surface area (Å²) in [7, 11) is 0. The van der Waals surface area contributed by atoms with Gasteiger partial charge in [0.1, 0.15) is 0 Å². The number of Topliss-reactive ketones (excluding diaryl/α,β-unsaturated/α-hetero) is 1. The first-order valence-corrected chi connectivity index (χ1v) is 3.67. The Morgan fingerprint density at radius 2 is 1.60 bits per heavy atom. The second-order valence-electron chi connectivity index (χ2n) is 1.32. The normalized spacial score (nSPS) is 13.4. The Kier molecular flexibility index (Phi) is 3.25. The lowest BCUT2D eigenvalue weighted by Gasteiger charge is -2.11. The van der Waals surface area contributed by atoms with Gasteiger partial charge < -0.3 is 0 Å². The monoisotopic (exact) mass is 306 g/mol. The molecule has 0 saturated carbocycles. The van der Waals surface area contributed by atoms with E-state index in [0.717, 1.165) is 22.6 Å². The van der Waals surface area contributed by atoms with Crippen LogP contribution < -0.4 is 0 Å². The molecule has 0 spiro atoms. The van der Waals surface area contributed by atoms with E-state index in [-0.39, 0.29) is 0 Å². The fraction of sp³-hybridized carbons (Fsp3) is 0.667. The van der Waals surface area contributed by atoms with Gasteiger partial charge in [-0.25, -0.2) is 0 Å². The van der Waals surface area contributed by atoms with Crippen molar-refractivity contribution in [2.75, 3.05) is 0 Å². The van der Waals surface area contributed by atoms with E-state index in [1.54, 1.807) is 0 Å². The first kappa shape index (κ1) is 10.8. The summed E-state index contributed by atoms with van der Waals surface area (Å²) in [6, 6.07) is 0. The number of halogens is 6. The minimum absolute atomic E-state index is 0.989. The SMILES string of the molecule is O=C(C(F)(F)F)C(Cl)(Cl)I. The fourth-order valence-corrected chi connectivity index (χ4v) is 0.681. The lowest BCUT2D eigenvalue weighted by Crippen LogP contribution is -2.33. The summed E-state index contributed by atoms with van der Waals surface area (Å²) >= 11 is 10.7. The highest BCUT2D eigenvalue weighted by Crippen LogP contribution is 2.36. The maximum absolute atomic E-state index is 11.4. The van der Waals surface area contributed by atoms with Crippen molar-refractivity contribution in [2.45, 2.75) is 8.52 Å². The van der Waals surface area contributed by atoms with Crippen molar-refractivity contribution in [1.82, 2.24) is 0 Å². The molecule has 0 aromatic heterocycles. The van der Waals surface area contributed by atoms with Crippen LogP contribution >= 0.6 is 45.8 Å². The Morgan fingerprint density at radius 1 is 1.30 bits per heavy atom. The van der Waals surface area contributed by atoms with E-state index in [1.165, 1.54) is 0 Å². The molecule has 0 aliphatic heterocycles. The average Bonchev–Trinajstić information content (AvgIpc) is 1.59. The first-order valence-electron chi connectivity index (χ1n) is 1.84. The Bertz CT molecular complexity index is 133. The molecule has 0 saturated heterocycles. The number of hydrogen-bond donors (Lipinski definition) is 0. The number of hydrogen-bond acceptors (Lipinski definition) is 1. The minimum Gasteiger partial charge on any atom is -0.285 e. The van der Waals surface area contributed by atoms with E-state index < -0.39 is 14.3 Å². The zero-order chi connectivity index (χ0) is 8.58. The molecule has 0 N–H and O–H groups in total. The van der Waals surface area contributed by atoms with Crippen LogP contribution in [0, 0.1) is 0 Å². The van der Waals surface area contributed by atoms with Gasteiger partial charge in [0.15, 0.2) is 0 Å². The van der Waals surface area contributed by atoms with E-state index in [0.29, 0.717) is 0 Å². The first-order chi connectivity index (χ1) is 4.15. The summed E-state index contributed by atoms with van der Waals surface area (Å²) in [6.45, 7) is 0. The summed E-state index contributed by atoms with van der Waals surface area (Å²) in [6.07, 6.45) is -4.97. The quantitative estimate of drug-likeness (QED) is 0.538. The van der Waals surface area contributed by atoms with Gasteiger partial charge in [0.25, 0.3) is 5.78 Å². The van der Waals surface area contributed by atoms with Gasteiger partial charge >= 0.3 is 6.18 Å². The lowest BCUT2D eigenvalue weighted by atomic mass is 10.4. The van der Waals surface area contributed by atoms with Crippen LogP contribution in [0.4, 0.5) is 13.2 Å². The van der Waals surface area contributed by atoms with Gasteiger partial charge in [0.2, 0.25) is 2.34 Å². The second-order valence-corrected chi connectivity index (χ2v) is 5.55. The lowest BCUT2D eigenvalue weighted by molar-refractivity contribution is -0.169. The van der Waals surface area contributed by atoms with Gasteiger partial charge in [0.05, 0.1) is 0 Å². The molecule has 60 valence electrons. The minimum atomic E-state index is -4.97. The van der Waals surface area contributed by atoms with E-state index in [9.17, 15) is 18.0 Å². The molecule has 10 heavy (non-hydrogen) atoms. The van der Waals surface area contributed by atoms with Crippen molar-refractivity contribution in [3.8, 4) is 0 Å². The van der Waals surface area contributed by atoms with Gasteiger partial charge in [-0.15, -0.1) is 0 Å². The third-order valence-corrected chi connectivity index (χ3v) is 1.35. The van der Waals surface area contributed by atoms with Gasteiger partial charge in [0, 0.05) is 0 Å². The molecule has 0 fully saturated rings. The molecule has 0 rings (SSSR count). The molecular weight excluding hydrogens is 307 g/mol. The van der Waals surface area contributed by atoms with Crippen LogP contribution in [-0.2, 0) is 4.79 Å². The van der Waals surface area contributed by atoms with E-state index in [2.05, 4.69) is 0 Å². The number of carbonyl (C=O) groups is 1. The van der Waals surface area contributed by atoms with Crippen LogP contribution in [0.5, 0.6) is 0 Å². The highest BCUT2D eigenvalue weighted by Gasteiger charge is 2.49. The topological polar surface area (TPSA) is 17.1 Å². The molecule has 0 aliphatic carbocycles. The van der Waals surface area contributed by atoms with Crippen LogP contribution in [0.2, 0.25) is 0 Å². The third kappa shape index (κ3) is 3.25. The van der Waals surface area contributed by atoms with Gasteiger partial charge in [-0.05, 0) is 22.6 Å². The summed E-state index contributed by atoms with van der Waals surface area (Å²) in [4.78, 5) is 10.1. The molecule has 0 amide bonds.